The first-order valence-corrected chi connectivity index (χ1v) is 24.7. The summed E-state index contributed by atoms with van der Waals surface area (Å²) in [7, 11) is 0. The molecule has 6 nitrogen and oxygen atoms in total. The normalized spacial score (nSPS) is 12.1. The molecule has 0 saturated heterocycles. The number of unbranched alkanes of at least 4 members (excludes halogenated alkanes) is 29. The highest BCUT2D eigenvalue weighted by Crippen LogP contribution is 2.17. The standard InChI is InChI=1S/C50H96O6/c1-6-7-8-9-10-11-13-20-25-30-35-40-48(51)54-43-47(44-55-49(52)41-36-31-26-21-17-16-19-24-29-34-39-46(4)5)56-50(53)42-37-32-27-22-15-12-14-18-23-28-33-38-45(2)3/h45-47H,6-44H2,1-5H3/t47-/m1/s1. The van der Waals surface area contributed by atoms with Gasteiger partial charge < -0.3 is 14.2 Å². The predicted octanol–water partition coefficient (Wildman–Crippen LogP) is 15.8. The van der Waals surface area contributed by atoms with Gasteiger partial charge in [0.15, 0.2) is 6.10 Å². The Morgan fingerprint density at radius 1 is 0.339 bits per heavy atom. The first-order valence-electron chi connectivity index (χ1n) is 24.7. The SMILES string of the molecule is CCCCCCCCCCCCCC(=O)OC[C@H](COC(=O)CCCCCCCCCCCCC(C)C)OC(=O)CCCCCCCCCCCCCC(C)C. The molecular weight excluding hydrogens is 697 g/mol. The molecule has 0 aromatic carbocycles. The average Bonchev–Trinajstić information content (AvgIpc) is 3.16. The van der Waals surface area contributed by atoms with Crippen molar-refractivity contribution in [1.29, 1.82) is 0 Å². The Balaban J connectivity index is 4.32. The van der Waals surface area contributed by atoms with Gasteiger partial charge in [-0.1, -0.05) is 234 Å². The Kier molecular flexibility index (Phi) is 41.8. The van der Waals surface area contributed by atoms with E-state index in [2.05, 4.69) is 34.6 Å². The second-order valence-electron chi connectivity index (χ2n) is 18.1. The van der Waals surface area contributed by atoms with E-state index in [0.717, 1.165) is 69.6 Å². The van der Waals surface area contributed by atoms with Gasteiger partial charge in [-0.15, -0.1) is 0 Å². The quantitative estimate of drug-likeness (QED) is 0.0347. The van der Waals surface area contributed by atoms with E-state index in [1.807, 2.05) is 0 Å². The summed E-state index contributed by atoms with van der Waals surface area (Å²) in [5.41, 5.74) is 0. The Morgan fingerprint density at radius 2 is 0.589 bits per heavy atom. The highest BCUT2D eigenvalue weighted by Gasteiger charge is 2.19. The van der Waals surface area contributed by atoms with Crippen molar-refractivity contribution in [2.75, 3.05) is 13.2 Å². The van der Waals surface area contributed by atoms with Crippen molar-refractivity contribution < 1.29 is 28.6 Å². The molecule has 0 aliphatic heterocycles. The molecule has 0 saturated carbocycles. The van der Waals surface area contributed by atoms with Crippen molar-refractivity contribution in [2.45, 2.75) is 278 Å². The van der Waals surface area contributed by atoms with Gasteiger partial charge in [0.1, 0.15) is 13.2 Å². The van der Waals surface area contributed by atoms with Crippen LogP contribution in [0.5, 0.6) is 0 Å². The molecule has 0 heterocycles. The monoisotopic (exact) mass is 793 g/mol. The fourth-order valence-corrected chi connectivity index (χ4v) is 7.46. The molecule has 56 heavy (non-hydrogen) atoms. The lowest BCUT2D eigenvalue weighted by molar-refractivity contribution is -0.167. The number of ether oxygens (including phenoxy) is 3. The van der Waals surface area contributed by atoms with Gasteiger partial charge in [0.05, 0.1) is 0 Å². The van der Waals surface area contributed by atoms with Crippen molar-refractivity contribution in [1.82, 2.24) is 0 Å². The molecule has 6 heteroatoms. The summed E-state index contributed by atoms with van der Waals surface area (Å²) in [5.74, 6) is 0.791. The lowest BCUT2D eigenvalue weighted by atomic mass is 10.0. The fourth-order valence-electron chi connectivity index (χ4n) is 7.46. The number of hydrogen-bond donors (Lipinski definition) is 0. The minimum Gasteiger partial charge on any atom is -0.462 e. The van der Waals surface area contributed by atoms with E-state index in [0.29, 0.717) is 19.3 Å². The molecule has 0 aliphatic carbocycles. The first kappa shape index (κ1) is 54.4. The molecule has 0 N–H and O–H groups in total. The van der Waals surface area contributed by atoms with Gasteiger partial charge in [0, 0.05) is 19.3 Å². The summed E-state index contributed by atoms with van der Waals surface area (Å²) in [6, 6.07) is 0. The van der Waals surface area contributed by atoms with Crippen molar-refractivity contribution >= 4 is 17.9 Å². The highest BCUT2D eigenvalue weighted by atomic mass is 16.6. The minimum absolute atomic E-state index is 0.0641. The number of esters is 3. The average molecular weight is 793 g/mol. The van der Waals surface area contributed by atoms with Crippen LogP contribution in [0.2, 0.25) is 0 Å². The van der Waals surface area contributed by atoms with Gasteiger partial charge in [-0.2, -0.15) is 0 Å². The van der Waals surface area contributed by atoms with Gasteiger partial charge >= 0.3 is 17.9 Å². The van der Waals surface area contributed by atoms with Gasteiger partial charge in [-0.3, -0.25) is 14.4 Å². The molecule has 0 fully saturated rings. The van der Waals surface area contributed by atoms with Crippen LogP contribution < -0.4 is 0 Å². The predicted molar refractivity (Wildman–Crippen MR) is 238 cm³/mol. The van der Waals surface area contributed by atoms with E-state index in [-0.39, 0.29) is 31.1 Å². The Bertz CT molecular complexity index is 854. The second kappa shape index (κ2) is 43.0. The lowest BCUT2D eigenvalue weighted by Crippen LogP contribution is -2.30. The van der Waals surface area contributed by atoms with Crippen molar-refractivity contribution in [3.05, 3.63) is 0 Å². The molecule has 0 radical (unpaired) electrons. The van der Waals surface area contributed by atoms with Crippen LogP contribution in [-0.4, -0.2) is 37.2 Å². The van der Waals surface area contributed by atoms with Crippen molar-refractivity contribution in [2.24, 2.45) is 11.8 Å². The van der Waals surface area contributed by atoms with Crippen LogP contribution in [0.25, 0.3) is 0 Å². The third-order valence-electron chi connectivity index (χ3n) is 11.2. The van der Waals surface area contributed by atoms with E-state index in [9.17, 15) is 14.4 Å². The molecule has 0 rings (SSSR count). The summed E-state index contributed by atoms with van der Waals surface area (Å²) >= 11 is 0. The van der Waals surface area contributed by atoms with Gasteiger partial charge in [0.25, 0.3) is 0 Å². The summed E-state index contributed by atoms with van der Waals surface area (Å²) < 4.78 is 16.8. The number of hydrogen-bond acceptors (Lipinski definition) is 6. The minimum atomic E-state index is -0.761. The van der Waals surface area contributed by atoms with Gasteiger partial charge in [-0.25, -0.2) is 0 Å². The second-order valence-corrected chi connectivity index (χ2v) is 18.1. The zero-order valence-electron chi connectivity index (χ0n) is 38.3. The molecule has 0 unspecified atom stereocenters. The maximum atomic E-state index is 12.8. The zero-order valence-corrected chi connectivity index (χ0v) is 38.3. The van der Waals surface area contributed by atoms with Gasteiger partial charge in [-0.05, 0) is 31.1 Å². The molecule has 0 aromatic heterocycles. The maximum absolute atomic E-state index is 12.8. The van der Waals surface area contributed by atoms with E-state index in [1.165, 1.54) is 161 Å². The fraction of sp³-hybridized carbons (Fsp3) is 0.940. The van der Waals surface area contributed by atoms with Crippen LogP contribution in [0.15, 0.2) is 0 Å². The third-order valence-corrected chi connectivity index (χ3v) is 11.2. The third kappa shape index (κ3) is 43.5. The summed E-state index contributed by atoms with van der Waals surface area (Å²) in [4.78, 5) is 37.8. The number of rotatable bonds is 44. The molecule has 0 amide bonds. The van der Waals surface area contributed by atoms with Crippen LogP contribution in [0.1, 0.15) is 272 Å². The Morgan fingerprint density at radius 3 is 0.875 bits per heavy atom. The summed E-state index contributed by atoms with van der Waals surface area (Å²) in [6.45, 7) is 11.3. The topological polar surface area (TPSA) is 78.9 Å². The maximum Gasteiger partial charge on any atom is 0.306 e. The smallest absolute Gasteiger partial charge is 0.306 e. The molecule has 0 bridgehead atoms. The molecule has 0 spiro atoms. The zero-order chi connectivity index (χ0) is 41.2. The molecule has 332 valence electrons. The van der Waals surface area contributed by atoms with Crippen LogP contribution >= 0.6 is 0 Å². The number of carbonyl (C=O) groups excluding carboxylic acids is 3. The van der Waals surface area contributed by atoms with E-state index < -0.39 is 6.10 Å². The molecule has 0 aliphatic rings. The van der Waals surface area contributed by atoms with Crippen molar-refractivity contribution in [3.8, 4) is 0 Å². The molecule has 0 aromatic rings. The van der Waals surface area contributed by atoms with Crippen LogP contribution in [0.3, 0.4) is 0 Å². The van der Waals surface area contributed by atoms with Gasteiger partial charge in [0.2, 0.25) is 0 Å². The summed E-state index contributed by atoms with van der Waals surface area (Å²) in [6.07, 6.45) is 42.3. The number of carbonyl (C=O) groups is 3. The van der Waals surface area contributed by atoms with E-state index >= 15 is 0 Å². The summed E-state index contributed by atoms with van der Waals surface area (Å²) in [5, 5.41) is 0. The van der Waals surface area contributed by atoms with E-state index in [4.69, 9.17) is 14.2 Å². The van der Waals surface area contributed by atoms with Crippen molar-refractivity contribution in [3.63, 3.8) is 0 Å². The molecule has 1 atom stereocenters. The Labute approximate surface area is 348 Å². The lowest BCUT2D eigenvalue weighted by Gasteiger charge is -2.18. The van der Waals surface area contributed by atoms with Crippen LogP contribution in [0, 0.1) is 11.8 Å². The molecular formula is C50H96O6. The largest absolute Gasteiger partial charge is 0.462 e. The van der Waals surface area contributed by atoms with E-state index in [1.54, 1.807) is 0 Å². The Hall–Kier alpha value is -1.59. The highest BCUT2D eigenvalue weighted by molar-refractivity contribution is 5.71. The first-order chi connectivity index (χ1) is 27.2. The van der Waals surface area contributed by atoms with Crippen LogP contribution in [-0.2, 0) is 28.6 Å². The van der Waals surface area contributed by atoms with Crippen LogP contribution in [0.4, 0.5) is 0 Å².